The minimum atomic E-state index is -3.00. The molecule has 108 valence electrons. The second-order valence-corrected chi connectivity index (χ2v) is 7.24. The van der Waals surface area contributed by atoms with Gasteiger partial charge in [0.05, 0.1) is 0 Å². The molecule has 0 heterocycles. The zero-order valence-corrected chi connectivity index (χ0v) is 14.0. The molecule has 0 amide bonds. The van der Waals surface area contributed by atoms with Crippen molar-refractivity contribution in [3.63, 3.8) is 0 Å². The Balaban J connectivity index is 5.35. The standard InChI is InChI=1S/C12H26O4SSi/c1-6-10(5)11(12(13)17)18(14-7-2,15-8-3)16-9-4/h10-11H,6-9H2,1-5H3,(H,13,17). The SMILES string of the molecule is CCO[Si](OCC)(OCC)C(C(=O)S)C(C)CC. The van der Waals surface area contributed by atoms with Crippen LogP contribution in [-0.2, 0) is 18.1 Å². The third kappa shape index (κ3) is 4.66. The van der Waals surface area contributed by atoms with Crippen LogP contribution in [0.1, 0.15) is 41.0 Å². The number of carbonyl (C=O) groups is 1. The third-order valence-corrected chi connectivity index (χ3v) is 7.08. The van der Waals surface area contributed by atoms with Gasteiger partial charge in [-0.3, -0.25) is 4.79 Å². The summed E-state index contributed by atoms with van der Waals surface area (Å²) in [6.45, 7) is 11.1. The second-order valence-electron chi connectivity index (χ2n) is 4.10. The van der Waals surface area contributed by atoms with E-state index in [-0.39, 0.29) is 11.0 Å². The Morgan fingerprint density at radius 2 is 1.44 bits per heavy atom. The van der Waals surface area contributed by atoms with Gasteiger partial charge >= 0.3 is 8.80 Å². The first-order valence-corrected chi connectivity index (χ1v) is 8.88. The Bertz CT molecular complexity index is 233. The van der Waals surface area contributed by atoms with Gasteiger partial charge in [0.15, 0.2) is 5.12 Å². The summed E-state index contributed by atoms with van der Waals surface area (Å²) in [5.41, 5.74) is -0.398. The molecule has 2 atom stereocenters. The molecule has 0 aliphatic rings. The molecule has 0 aromatic rings. The molecule has 0 aliphatic heterocycles. The molecule has 0 bridgehead atoms. The minimum Gasteiger partial charge on any atom is -0.373 e. The van der Waals surface area contributed by atoms with Gasteiger partial charge in [-0.05, 0) is 26.7 Å². The molecule has 4 nitrogen and oxygen atoms in total. The fourth-order valence-electron chi connectivity index (χ4n) is 1.98. The van der Waals surface area contributed by atoms with Crippen molar-refractivity contribution in [2.45, 2.75) is 46.6 Å². The molecule has 6 heteroatoms. The average Bonchev–Trinajstić information content (AvgIpc) is 2.29. The Kier molecular flexibility index (Phi) is 9.15. The van der Waals surface area contributed by atoms with E-state index in [1.54, 1.807) is 0 Å². The lowest BCUT2D eigenvalue weighted by molar-refractivity contribution is -0.113. The van der Waals surface area contributed by atoms with E-state index in [1.807, 2.05) is 34.6 Å². The number of rotatable bonds is 10. The second kappa shape index (κ2) is 9.09. The van der Waals surface area contributed by atoms with E-state index >= 15 is 0 Å². The van der Waals surface area contributed by atoms with Crippen LogP contribution in [-0.4, -0.2) is 33.7 Å². The number of thiol groups is 1. The zero-order valence-electron chi connectivity index (χ0n) is 12.1. The molecule has 0 aliphatic carbocycles. The molecule has 0 saturated carbocycles. The molecule has 0 saturated heterocycles. The van der Waals surface area contributed by atoms with E-state index < -0.39 is 14.3 Å². The fraction of sp³-hybridized carbons (Fsp3) is 0.917. The van der Waals surface area contributed by atoms with Gasteiger partial charge in [0, 0.05) is 19.8 Å². The van der Waals surface area contributed by atoms with Gasteiger partial charge < -0.3 is 13.3 Å². The monoisotopic (exact) mass is 294 g/mol. The van der Waals surface area contributed by atoms with Crippen LogP contribution < -0.4 is 0 Å². The van der Waals surface area contributed by atoms with Crippen molar-refractivity contribution < 1.29 is 18.1 Å². The largest absolute Gasteiger partial charge is 0.513 e. The maximum absolute atomic E-state index is 11.9. The molecule has 0 aromatic heterocycles. The van der Waals surface area contributed by atoms with Gasteiger partial charge in [-0.25, -0.2) is 0 Å². The quantitative estimate of drug-likeness (QED) is 0.497. The number of hydrogen-bond donors (Lipinski definition) is 1. The highest BCUT2D eigenvalue weighted by atomic mass is 32.1. The van der Waals surface area contributed by atoms with E-state index in [0.29, 0.717) is 19.8 Å². The van der Waals surface area contributed by atoms with Crippen LogP contribution in [0, 0.1) is 5.92 Å². The highest BCUT2D eigenvalue weighted by Gasteiger charge is 2.54. The van der Waals surface area contributed by atoms with Crippen LogP contribution in [0.5, 0.6) is 0 Å². The third-order valence-electron chi connectivity index (χ3n) is 2.90. The highest BCUT2D eigenvalue weighted by Crippen LogP contribution is 2.36. The van der Waals surface area contributed by atoms with Gasteiger partial charge in [-0.2, -0.15) is 0 Å². The normalized spacial score (nSPS) is 15.4. The van der Waals surface area contributed by atoms with Crippen LogP contribution in [0.2, 0.25) is 5.54 Å². The highest BCUT2D eigenvalue weighted by molar-refractivity contribution is 7.97. The molecule has 0 spiro atoms. The summed E-state index contributed by atoms with van der Waals surface area (Å²) in [7, 11) is -3.00. The maximum atomic E-state index is 11.9. The Hall–Kier alpha value is 0.117. The van der Waals surface area contributed by atoms with Gasteiger partial charge in [0.1, 0.15) is 5.54 Å². The lowest BCUT2D eigenvalue weighted by atomic mass is 10.1. The first-order chi connectivity index (χ1) is 8.48. The summed E-state index contributed by atoms with van der Waals surface area (Å²) in [6, 6.07) is 0. The van der Waals surface area contributed by atoms with Crippen molar-refractivity contribution in [1.82, 2.24) is 0 Å². The van der Waals surface area contributed by atoms with Gasteiger partial charge in [-0.15, -0.1) is 12.6 Å². The summed E-state index contributed by atoms with van der Waals surface area (Å²) in [4.78, 5) is 11.9. The first kappa shape index (κ1) is 18.1. The molecular weight excluding hydrogens is 268 g/mol. The predicted octanol–water partition coefficient (Wildman–Crippen LogP) is 2.91. The summed E-state index contributed by atoms with van der Waals surface area (Å²) in [5, 5.41) is -0.202. The summed E-state index contributed by atoms with van der Waals surface area (Å²) in [5.74, 6) is 0.131. The molecule has 0 aromatic carbocycles. The fourth-order valence-corrected chi connectivity index (χ4v) is 5.94. The van der Waals surface area contributed by atoms with E-state index in [9.17, 15) is 4.79 Å². The Morgan fingerprint density at radius 1 is 1.06 bits per heavy atom. The number of hydrogen-bond acceptors (Lipinski definition) is 4. The minimum absolute atomic E-state index is 0.131. The Morgan fingerprint density at radius 3 is 1.67 bits per heavy atom. The van der Waals surface area contributed by atoms with Crippen LogP contribution >= 0.6 is 12.6 Å². The average molecular weight is 294 g/mol. The van der Waals surface area contributed by atoms with E-state index in [2.05, 4.69) is 12.6 Å². The van der Waals surface area contributed by atoms with Crippen LogP contribution in [0.4, 0.5) is 0 Å². The summed E-state index contributed by atoms with van der Waals surface area (Å²) < 4.78 is 17.3. The van der Waals surface area contributed by atoms with E-state index in [0.717, 1.165) is 6.42 Å². The molecule has 2 unspecified atom stereocenters. The van der Waals surface area contributed by atoms with Gasteiger partial charge in [0.25, 0.3) is 0 Å². The molecule has 0 rings (SSSR count). The van der Waals surface area contributed by atoms with Gasteiger partial charge in [-0.1, -0.05) is 20.3 Å². The molecule has 0 radical (unpaired) electrons. The maximum Gasteiger partial charge on any atom is 0.513 e. The summed E-state index contributed by atoms with van der Waals surface area (Å²) >= 11 is 4.01. The smallest absolute Gasteiger partial charge is 0.373 e. The zero-order chi connectivity index (χ0) is 14.2. The van der Waals surface area contributed by atoms with E-state index in [1.165, 1.54) is 0 Å². The van der Waals surface area contributed by atoms with Crippen molar-refractivity contribution in [1.29, 1.82) is 0 Å². The molecular formula is C12H26O4SSi. The lowest BCUT2D eigenvalue weighted by Crippen LogP contribution is -2.54. The van der Waals surface area contributed by atoms with Crippen LogP contribution in [0.3, 0.4) is 0 Å². The van der Waals surface area contributed by atoms with Crippen molar-refractivity contribution in [3.05, 3.63) is 0 Å². The summed E-state index contributed by atoms with van der Waals surface area (Å²) in [6.07, 6.45) is 0.860. The van der Waals surface area contributed by atoms with Crippen molar-refractivity contribution in [2.24, 2.45) is 5.92 Å². The van der Waals surface area contributed by atoms with E-state index in [4.69, 9.17) is 13.3 Å². The van der Waals surface area contributed by atoms with Crippen LogP contribution in [0.15, 0.2) is 0 Å². The van der Waals surface area contributed by atoms with Crippen molar-refractivity contribution in [2.75, 3.05) is 19.8 Å². The molecule has 0 N–H and O–H groups in total. The topological polar surface area (TPSA) is 44.8 Å². The lowest BCUT2D eigenvalue weighted by Gasteiger charge is -2.36. The molecule has 0 fully saturated rings. The Labute approximate surface area is 117 Å². The number of carbonyl (C=O) groups excluding carboxylic acids is 1. The van der Waals surface area contributed by atoms with Crippen molar-refractivity contribution >= 4 is 26.5 Å². The van der Waals surface area contributed by atoms with Crippen molar-refractivity contribution in [3.8, 4) is 0 Å². The van der Waals surface area contributed by atoms with Crippen LogP contribution in [0.25, 0.3) is 0 Å². The molecule has 18 heavy (non-hydrogen) atoms. The van der Waals surface area contributed by atoms with Gasteiger partial charge in [0.2, 0.25) is 0 Å². The predicted molar refractivity (Wildman–Crippen MR) is 77.8 cm³/mol. The first-order valence-electron chi connectivity index (χ1n) is 6.63.